The average molecular weight is 459 g/mol. The highest BCUT2D eigenvalue weighted by Gasteiger charge is 2.14. The Kier molecular flexibility index (Phi) is 4.62. The molecule has 0 saturated heterocycles. The van der Waals surface area contributed by atoms with Crippen molar-refractivity contribution in [1.29, 1.82) is 0 Å². The fourth-order valence-electron chi connectivity index (χ4n) is 3.52. The molecule has 5 aromatic rings. The molecular weight excluding hydrogens is 444 g/mol. The summed E-state index contributed by atoms with van der Waals surface area (Å²) in [5.41, 5.74) is 2.57. The van der Waals surface area contributed by atoms with Gasteiger partial charge >= 0.3 is 0 Å². The van der Waals surface area contributed by atoms with Crippen LogP contribution in [0.4, 0.5) is 5.13 Å². The zero-order chi connectivity index (χ0) is 19.8. The van der Waals surface area contributed by atoms with Crippen molar-refractivity contribution >= 4 is 59.9 Å². The Morgan fingerprint density at radius 1 is 0.862 bits per heavy atom. The number of rotatable bonds is 3. The molecule has 4 aromatic carbocycles. The summed E-state index contributed by atoms with van der Waals surface area (Å²) in [5, 5.41) is 9.79. The van der Waals surface area contributed by atoms with Crippen LogP contribution in [0.5, 0.6) is 0 Å². The third-order valence-corrected chi connectivity index (χ3v) is 6.13. The largest absolute Gasteiger partial charge is 0.298 e. The van der Waals surface area contributed by atoms with Crippen LogP contribution < -0.4 is 5.32 Å². The summed E-state index contributed by atoms with van der Waals surface area (Å²) in [5.74, 6) is -0.156. The van der Waals surface area contributed by atoms with Crippen LogP contribution >= 0.6 is 27.3 Å². The predicted molar refractivity (Wildman–Crippen MR) is 125 cm³/mol. The molecule has 1 heterocycles. The molecule has 5 rings (SSSR count). The van der Waals surface area contributed by atoms with E-state index in [2.05, 4.69) is 50.5 Å². The summed E-state index contributed by atoms with van der Waals surface area (Å²) >= 11 is 4.91. The van der Waals surface area contributed by atoms with Crippen LogP contribution in [0.3, 0.4) is 0 Å². The van der Waals surface area contributed by atoms with Gasteiger partial charge in [-0.25, -0.2) is 4.98 Å². The second-order valence-electron chi connectivity index (χ2n) is 6.69. The fraction of sp³-hybridized carbons (Fsp3) is 0. The maximum Gasteiger partial charge on any atom is 0.258 e. The molecule has 5 heteroatoms. The number of aromatic nitrogens is 1. The lowest BCUT2D eigenvalue weighted by molar-refractivity contribution is 0.102. The summed E-state index contributed by atoms with van der Waals surface area (Å²) < 4.78 is 0.988. The molecule has 140 valence electrons. The Labute approximate surface area is 180 Å². The van der Waals surface area contributed by atoms with Gasteiger partial charge in [0.05, 0.1) is 5.69 Å². The number of amides is 1. The first-order valence-electron chi connectivity index (χ1n) is 9.12. The topological polar surface area (TPSA) is 42.0 Å². The van der Waals surface area contributed by atoms with E-state index in [-0.39, 0.29) is 5.91 Å². The number of thiazole rings is 1. The van der Waals surface area contributed by atoms with E-state index in [0.29, 0.717) is 10.7 Å². The first kappa shape index (κ1) is 18.0. The van der Waals surface area contributed by atoms with Gasteiger partial charge in [-0.05, 0) is 39.7 Å². The van der Waals surface area contributed by atoms with E-state index in [9.17, 15) is 4.79 Å². The van der Waals surface area contributed by atoms with E-state index in [0.717, 1.165) is 31.9 Å². The van der Waals surface area contributed by atoms with E-state index in [4.69, 9.17) is 0 Å². The molecule has 0 bridgehead atoms. The van der Waals surface area contributed by atoms with Gasteiger partial charge in [0.15, 0.2) is 5.13 Å². The molecule has 29 heavy (non-hydrogen) atoms. The maximum atomic E-state index is 12.9. The molecule has 0 fully saturated rings. The van der Waals surface area contributed by atoms with Gasteiger partial charge in [0.1, 0.15) is 0 Å². The zero-order valence-corrected chi connectivity index (χ0v) is 17.6. The van der Waals surface area contributed by atoms with Crippen LogP contribution in [0, 0.1) is 0 Å². The number of nitrogens with zero attached hydrogens (tertiary/aromatic N) is 1. The van der Waals surface area contributed by atoms with Crippen molar-refractivity contribution in [2.45, 2.75) is 0 Å². The standard InChI is InChI=1S/C24H15BrN2OS/c25-17-11-12-19-16(13-17)7-4-10-21(19)23(28)27-24-26-22(14-29-24)20-9-3-6-15-5-1-2-8-18(15)20/h1-14H,(H,26,27,28). The van der Waals surface area contributed by atoms with Crippen LogP contribution in [0.1, 0.15) is 10.4 Å². The average Bonchev–Trinajstić information content (AvgIpc) is 3.20. The van der Waals surface area contributed by atoms with Gasteiger partial charge in [-0.1, -0.05) is 76.6 Å². The van der Waals surface area contributed by atoms with Crippen LogP contribution in [0.15, 0.2) is 88.7 Å². The highest BCUT2D eigenvalue weighted by molar-refractivity contribution is 9.10. The normalized spacial score (nSPS) is 11.1. The number of hydrogen-bond acceptors (Lipinski definition) is 3. The molecule has 1 aromatic heterocycles. The van der Waals surface area contributed by atoms with E-state index in [1.54, 1.807) is 0 Å². The fourth-order valence-corrected chi connectivity index (χ4v) is 4.61. The van der Waals surface area contributed by atoms with Crippen molar-refractivity contribution in [3.8, 4) is 11.3 Å². The molecule has 0 aliphatic rings. The number of nitrogens with one attached hydrogen (secondary N) is 1. The van der Waals surface area contributed by atoms with E-state index < -0.39 is 0 Å². The quantitative estimate of drug-likeness (QED) is 0.312. The molecule has 0 spiro atoms. The summed E-state index contributed by atoms with van der Waals surface area (Å²) in [6, 6.07) is 26.1. The number of carbonyl (C=O) groups excluding carboxylic acids is 1. The molecule has 0 atom stereocenters. The third kappa shape index (κ3) is 3.43. The molecule has 0 saturated carbocycles. The molecule has 0 unspecified atom stereocenters. The number of fused-ring (bicyclic) bond motifs is 2. The Morgan fingerprint density at radius 2 is 1.66 bits per heavy atom. The van der Waals surface area contributed by atoms with Crippen molar-refractivity contribution in [2.75, 3.05) is 5.32 Å². The van der Waals surface area contributed by atoms with Crippen LogP contribution in [-0.2, 0) is 0 Å². The molecular formula is C24H15BrN2OS. The van der Waals surface area contributed by atoms with Gasteiger partial charge < -0.3 is 0 Å². The zero-order valence-electron chi connectivity index (χ0n) is 15.2. The number of halogens is 1. The highest BCUT2D eigenvalue weighted by atomic mass is 79.9. The van der Waals surface area contributed by atoms with E-state index in [1.165, 1.54) is 16.7 Å². The molecule has 1 amide bonds. The Morgan fingerprint density at radius 3 is 2.59 bits per heavy atom. The maximum absolute atomic E-state index is 12.9. The first-order valence-corrected chi connectivity index (χ1v) is 10.8. The molecule has 0 aliphatic carbocycles. The third-order valence-electron chi connectivity index (χ3n) is 4.88. The summed E-state index contributed by atoms with van der Waals surface area (Å²) in [6.45, 7) is 0. The number of anilines is 1. The SMILES string of the molecule is O=C(Nc1nc(-c2cccc3ccccc23)cs1)c1cccc2cc(Br)ccc12. The first-order chi connectivity index (χ1) is 14.2. The monoisotopic (exact) mass is 458 g/mol. The summed E-state index contributed by atoms with van der Waals surface area (Å²) in [6.07, 6.45) is 0. The summed E-state index contributed by atoms with van der Waals surface area (Å²) in [4.78, 5) is 17.6. The Balaban J connectivity index is 1.47. The Hall–Kier alpha value is -3.02. The molecule has 0 aliphatic heterocycles. The number of hydrogen-bond donors (Lipinski definition) is 1. The number of benzene rings is 4. The van der Waals surface area contributed by atoms with Gasteiger partial charge in [-0.2, -0.15) is 0 Å². The van der Waals surface area contributed by atoms with Crippen molar-refractivity contribution in [3.05, 3.63) is 94.3 Å². The second-order valence-corrected chi connectivity index (χ2v) is 8.46. The van der Waals surface area contributed by atoms with Crippen molar-refractivity contribution in [3.63, 3.8) is 0 Å². The van der Waals surface area contributed by atoms with E-state index >= 15 is 0 Å². The van der Waals surface area contributed by atoms with Crippen molar-refractivity contribution < 1.29 is 4.79 Å². The lowest BCUT2D eigenvalue weighted by Crippen LogP contribution is -2.12. The van der Waals surface area contributed by atoms with Crippen LogP contribution in [-0.4, -0.2) is 10.9 Å². The Bertz CT molecular complexity index is 1370. The lowest BCUT2D eigenvalue weighted by Gasteiger charge is -2.07. The summed E-state index contributed by atoms with van der Waals surface area (Å²) in [7, 11) is 0. The predicted octanol–water partition coefficient (Wildman–Crippen LogP) is 7.13. The minimum absolute atomic E-state index is 0.156. The van der Waals surface area contributed by atoms with Crippen molar-refractivity contribution in [1.82, 2.24) is 4.98 Å². The van der Waals surface area contributed by atoms with Crippen LogP contribution in [0.2, 0.25) is 0 Å². The lowest BCUT2D eigenvalue weighted by atomic mass is 10.0. The minimum atomic E-state index is -0.156. The van der Waals surface area contributed by atoms with Gasteiger partial charge in [0.25, 0.3) is 5.91 Å². The smallest absolute Gasteiger partial charge is 0.258 e. The van der Waals surface area contributed by atoms with Gasteiger partial charge in [0.2, 0.25) is 0 Å². The van der Waals surface area contributed by atoms with Gasteiger partial charge in [0, 0.05) is 21.0 Å². The number of carbonyl (C=O) groups is 1. The van der Waals surface area contributed by atoms with Gasteiger partial charge in [-0.15, -0.1) is 11.3 Å². The van der Waals surface area contributed by atoms with Crippen molar-refractivity contribution in [2.24, 2.45) is 0 Å². The molecule has 0 radical (unpaired) electrons. The molecule has 1 N–H and O–H groups in total. The molecule has 3 nitrogen and oxygen atoms in total. The van der Waals surface area contributed by atoms with Gasteiger partial charge in [-0.3, -0.25) is 10.1 Å². The van der Waals surface area contributed by atoms with E-state index in [1.807, 2.05) is 60.0 Å². The highest BCUT2D eigenvalue weighted by Crippen LogP contribution is 2.31. The minimum Gasteiger partial charge on any atom is -0.298 e. The second kappa shape index (κ2) is 7.43. The van der Waals surface area contributed by atoms with Crippen LogP contribution in [0.25, 0.3) is 32.8 Å².